The van der Waals surface area contributed by atoms with Crippen molar-refractivity contribution in [1.82, 2.24) is 4.98 Å². The molecule has 9 heteroatoms. The lowest BCUT2D eigenvalue weighted by atomic mass is 9.99. The summed E-state index contributed by atoms with van der Waals surface area (Å²) < 4.78 is 10.5. The van der Waals surface area contributed by atoms with E-state index in [-0.39, 0.29) is 17.2 Å². The molecule has 3 aromatic carbocycles. The van der Waals surface area contributed by atoms with E-state index in [1.54, 1.807) is 7.11 Å². The van der Waals surface area contributed by atoms with Crippen LogP contribution in [0.3, 0.4) is 0 Å². The third-order valence-corrected chi connectivity index (χ3v) is 6.12. The number of nitriles is 1. The summed E-state index contributed by atoms with van der Waals surface area (Å²) in [4.78, 5) is 27.4. The normalized spacial score (nSPS) is 10.3. The number of aromatic nitrogens is 1. The number of esters is 1. The number of nitro groups is 1. The number of carbonyl (C=O) groups excluding carboxylic acids is 1. The molecule has 1 aromatic heterocycles. The summed E-state index contributed by atoms with van der Waals surface area (Å²) >= 11 is 1.09. The van der Waals surface area contributed by atoms with E-state index in [0.29, 0.717) is 27.6 Å². The van der Waals surface area contributed by atoms with E-state index in [9.17, 15) is 20.2 Å². The van der Waals surface area contributed by atoms with Crippen molar-refractivity contribution >= 4 is 23.4 Å². The summed E-state index contributed by atoms with van der Waals surface area (Å²) in [5.74, 6) is 0.198. The highest BCUT2D eigenvalue weighted by molar-refractivity contribution is 7.99. The van der Waals surface area contributed by atoms with Crippen molar-refractivity contribution in [2.75, 3.05) is 12.9 Å². The summed E-state index contributed by atoms with van der Waals surface area (Å²) in [5.41, 5.74) is 3.25. The van der Waals surface area contributed by atoms with Crippen LogP contribution in [0.25, 0.3) is 22.4 Å². The van der Waals surface area contributed by atoms with Crippen LogP contribution in [0, 0.1) is 21.4 Å². The van der Waals surface area contributed by atoms with E-state index >= 15 is 0 Å². The van der Waals surface area contributed by atoms with Crippen LogP contribution in [0.5, 0.6) is 11.5 Å². The van der Waals surface area contributed by atoms with Crippen LogP contribution in [0.15, 0.2) is 90.0 Å². The molecule has 0 radical (unpaired) electrons. The Morgan fingerprint density at radius 2 is 1.67 bits per heavy atom. The average Bonchev–Trinajstić information content (AvgIpc) is 2.92. The molecule has 0 unspecified atom stereocenters. The van der Waals surface area contributed by atoms with Gasteiger partial charge in [-0.15, -0.1) is 0 Å². The third-order valence-electron chi connectivity index (χ3n) is 5.17. The number of pyridine rings is 1. The van der Waals surface area contributed by atoms with Gasteiger partial charge in [-0.1, -0.05) is 54.2 Å². The van der Waals surface area contributed by atoms with Gasteiger partial charge >= 0.3 is 5.97 Å². The Bertz CT molecular complexity index is 1430. The molecule has 0 amide bonds. The Morgan fingerprint density at radius 3 is 2.28 bits per heavy atom. The Morgan fingerprint density at radius 1 is 1.00 bits per heavy atom. The van der Waals surface area contributed by atoms with Gasteiger partial charge in [0.25, 0.3) is 5.69 Å². The number of methoxy groups -OCH3 is 1. The van der Waals surface area contributed by atoms with Gasteiger partial charge in [0.1, 0.15) is 22.6 Å². The topological polar surface area (TPSA) is 115 Å². The van der Waals surface area contributed by atoms with Gasteiger partial charge in [-0.2, -0.15) is 5.26 Å². The second-order valence-corrected chi connectivity index (χ2v) is 8.42. The summed E-state index contributed by atoms with van der Waals surface area (Å²) in [6.07, 6.45) is 0. The summed E-state index contributed by atoms with van der Waals surface area (Å²) in [6.45, 7) is 0. The standard InChI is InChI=1S/C27H19N3O5S/c1-34-21-11-7-18(8-12-21)23-15-25(19-5-3-2-4-6-19)29-27(24(23)16-28)36-17-26(31)35-22-13-9-20(10-14-22)30(32)33/h2-15H,17H2,1H3. The van der Waals surface area contributed by atoms with E-state index in [4.69, 9.17) is 9.47 Å². The van der Waals surface area contributed by atoms with Crippen LogP contribution in [-0.2, 0) is 4.79 Å². The number of rotatable bonds is 8. The number of nitro benzene ring substituents is 1. The van der Waals surface area contributed by atoms with Gasteiger partial charge in [0.05, 0.1) is 29.0 Å². The molecular weight excluding hydrogens is 478 g/mol. The molecule has 0 saturated carbocycles. The maximum absolute atomic E-state index is 12.5. The number of benzene rings is 3. The van der Waals surface area contributed by atoms with Crippen molar-refractivity contribution in [3.8, 4) is 40.0 Å². The van der Waals surface area contributed by atoms with E-state index in [1.807, 2.05) is 60.7 Å². The second kappa shape index (κ2) is 11.2. The Labute approximate surface area is 211 Å². The minimum Gasteiger partial charge on any atom is -0.497 e. The first-order valence-corrected chi connectivity index (χ1v) is 11.7. The first kappa shape index (κ1) is 24.4. The van der Waals surface area contributed by atoms with E-state index in [0.717, 1.165) is 22.9 Å². The summed E-state index contributed by atoms with van der Waals surface area (Å²) in [7, 11) is 1.58. The maximum Gasteiger partial charge on any atom is 0.321 e. The lowest BCUT2D eigenvalue weighted by molar-refractivity contribution is -0.384. The highest BCUT2D eigenvalue weighted by Crippen LogP contribution is 2.35. The van der Waals surface area contributed by atoms with Gasteiger partial charge in [0.15, 0.2) is 0 Å². The molecule has 1 heterocycles. The highest BCUT2D eigenvalue weighted by Gasteiger charge is 2.18. The zero-order valence-corrected chi connectivity index (χ0v) is 19.9. The molecule has 36 heavy (non-hydrogen) atoms. The van der Waals surface area contributed by atoms with Gasteiger partial charge in [0, 0.05) is 23.3 Å². The highest BCUT2D eigenvalue weighted by atomic mass is 32.2. The summed E-state index contributed by atoms with van der Waals surface area (Å²) in [5, 5.41) is 21.2. The Hall–Kier alpha value is -4.68. The number of carbonyl (C=O) groups is 1. The molecule has 8 nitrogen and oxygen atoms in total. The zero-order valence-electron chi connectivity index (χ0n) is 19.1. The van der Waals surface area contributed by atoms with Gasteiger partial charge in [-0.05, 0) is 35.9 Å². The Kier molecular flexibility index (Phi) is 7.58. The van der Waals surface area contributed by atoms with Crippen LogP contribution < -0.4 is 9.47 Å². The largest absolute Gasteiger partial charge is 0.497 e. The third kappa shape index (κ3) is 5.68. The number of thioether (sulfide) groups is 1. The average molecular weight is 498 g/mol. The van der Waals surface area contributed by atoms with Crippen molar-refractivity contribution in [3.05, 3.63) is 101 Å². The van der Waals surface area contributed by atoms with Crippen molar-refractivity contribution in [2.45, 2.75) is 5.03 Å². The maximum atomic E-state index is 12.5. The van der Waals surface area contributed by atoms with Gasteiger partial charge < -0.3 is 9.47 Å². The second-order valence-electron chi connectivity index (χ2n) is 7.46. The fourth-order valence-electron chi connectivity index (χ4n) is 3.41. The molecule has 178 valence electrons. The molecule has 0 aliphatic carbocycles. The minimum absolute atomic E-state index is 0.101. The number of nitrogens with zero attached hydrogens (tertiary/aromatic N) is 3. The van der Waals surface area contributed by atoms with Gasteiger partial charge in [-0.3, -0.25) is 14.9 Å². The molecule has 0 N–H and O–H groups in total. The lowest BCUT2D eigenvalue weighted by Gasteiger charge is -2.13. The molecule has 0 bridgehead atoms. The van der Waals surface area contributed by atoms with Crippen LogP contribution in [0.1, 0.15) is 5.56 Å². The van der Waals surface area contributed by atoms with Gasteiger partial charge in [0.2, 0.25) is 0 Å². The van der Waals surface area contributed by atoms with E-state index in [1.165, 1.54) is 24.3 Å². The van der Waals surface area contributed by atoms with E-state index < -0.39 is 10.9 Å². The molecular formula is C27H19N3O5S. The van der Waals surface area contributed by atoms with Crippen LogP contribution in [0.4, 0.5) is 5.69 Å². The quantitative estimate of drug-likeness (QED) is 0.0971. The number of ether oxygens (including phenoxy) is 2. The molecule has 0 fully saturated rings. The minimum atomic E-state index is -0.573. The van der Waals surface area contributed by atoms with Crippen LogP contribution in [0.2, 0.25) is 0 Å². The number of hydrogen-bond donors (Lipinski definition) is 0. The van der Waals surface area contributed by atoms with Crippen LogP contribution in [-0.4, -0.2) is 28.7 Å². The number of non-ortho nitro benzene ring substituents is 1. The fourth-order valence-corrected chi connectivity index (χ4v) is 4.19. The molecule has 0 saturated heterocycles. The van der Waals surface area contributed by atoms with Crippen LogP contribution >= 0.6 is 11.8 Å². The van der Waals surface area contributed by atoms with Crippen molar-refractivity contribution in [1.29, 1.82) is 5.26 Å². The first-order valence-electron chi connectivity index (χ1n) is 10.7. The molecule has 4 rings (SSSR count). The lowest BCUT2D eigenvalue weighted by Crippen LogP contribution is -2.11. The Balaban J connectivity index is 1.63. The van der Waals surface area contributed by atoms with Crippen molar-refractivity contribution in [2.24, 2.45) is 0 Å². The molecule has 0 aliphatic heterocycles. The van der Waals surface area contributed by atoms with Gasteiger partial charge in [-0.25, -0.2) is 4.98 Å². The smallest absolute Gasteiger partial charge is 0.321 e. The SMILES string of the molecule is COc1ccc(-c2cc(-c3ccccc3)nc(SCC(=O)Oc3ccc([N+](=O)[O-])cc3)c2C#N)cc1. The predicted molar refractivity (Wildman–Crippen MR) is 136 cm³/mol. The zero-order chi connectivity index (χ0) is 25.5. The predicted octanol–water partition coefficient (Wildman–Crippen LogP) is 5.90. The summed E-state index contributed by atoms with van der Waals surface area (Å²) in [6, 6.07) is 26.2. The molecule has 0 aliphatic rings. The van der Waals surface area contributed by atoms with Crippen molar-refractivity contribution in [3.63, 3.8) is 0 Å². The fraction of sp³-hybridized carbons (Fsp3) is 0.0741. The monoisotopic (exact) mass is 497 g/mol. The first-order chi connectivity index (χ1) is 17.5. The molecule has 4 aromatic rings. The molecule has 0 atom stereocenters. The van der Waals surface area contributed by atoms with E-state index in [2.05, 4.69) is 11.1 Å². The molecule has 0 spiro atoms. The van der Waals surface area contributed by atoms with Crippen molar-refractivity contribution < 1.29 is 19.2 Å². The number of hydrogen-bond acceptors (Lipinski definition) is 8.